The van der Waals surface area contributed by atoms with Crippen molar-refractivity contribution in [1.29, 1.82) is 0 Å². The molecule has 0 amide bonds. The molecule has 0 aliphatic heterocycles. The average molecular weight is 217 g/mol. The predicted octanol–water partition coefficient (Wildman–Crippen LogP) is 1.73. The Hall–Kier alpha value is -1.65. The van der Waals surface area contributed by atoms with Crippen LogP contribution in [0.4, 0.5) is 0 Å². The topological polar surface area (TPSA) is 56.7 Å². The van der Waals surface area contributed by atoms with Gasteiger partial charge in [0.25, 0.3) is 0 Å². The van der Waals surface area contributed by atoms with Crippen LogP contribution in [-0.4, -0.2) is 20.0 Å². The molecule has 16 heavy (non-hydrogen) atoms. The number of nitrogens with zero attached hydrogens (tertiary/aromatic N) is 4. The number of aromatic nitrogens is 4. The van der Waals surface area contributed by atoms with Gasteiger partial charge >= 0.3 is 0 Å². The van der Waals surface area contributed by atoms with Crippen LogP contribution >= 0.6 is 0 Å². The summed E-state index contributed by atoms with van der Waals surface area (Å²) in [6.07, 6.45) is 5.73. The van der Waals surface area contributed by atoms with Crippen molar-refractivity contribution in [3.8, 4) is 0 Å². The quantitative estimate of drug-likeness (QED) is 0.785. The lowest BCUT2D eigenvalue weighted by molar-refractivity contribution is 0.290. The molecule has 1 radical (unpaired) electrons. The molecule has 1 fully saturated rings. The van der Waals surface area contributed by atoms with Crippen molar-refractivity contribution in [3.63, 3.8) is 0 Å². The number of hydrogen-bond acceptors (Lipinski definition) is 4. The molecule has 0 saturated heterocycles. The van der Waals surface area contributed by atoms with Gasteiger partial charge in [-0.1, -0.05) is 0 Å². The molecule has 1 aliphatic rings. The van der Waals surface area contributed by atoms with E-state index in [9.17, 15) is 0 Å². The third kappa shape index (κ3) is 1.43. The fourth-order valence-corrected chi connectivity index (χ4v) is 1.61. The molecule has 83 valence electrons. The lowest BCUT2D eigenvalue weighted by atomic mass is 10.1. The summed E-state index contributed by atoms with van der Waals surface area (Å²) in [6, 6.07) is 2.91. The van der Waals surface area contributed by atoms with Gasteiger partial charge in [0.05, 0.1) is 6.20 Å². The van der Waals surface area contributed by atoms with E-state index in [1.54, 1.807) is 17.1 Å². The van der Waals surface area contributed by atoms with Crippen LogP contribution in [0.2, 0.25) is 0 Å². The fourth-order valence-electron chi connectivity index (χ4n) is 1.61. The lowest BCUT2D eigenvalue weighted by Gasteiger charge is -2.20. The van der Waals surface area contributed by atoms with E-state index in [1.165, 1.54) is 0 Å². The second-order valence-corrected chi connectivity index (χ2v) is 4.66. The Bertz CT molecular complexity index is 482. The van der Waals surface area contributed by atoms with E-state index in [0.29, 0.717) is 11.8 Å². The molecule has 0 unspecified atom stereocenters. The smallest absolute Gasteiger partial charge is 0.243 e. The molecule has 0 atom stereocenters. The summed E-state index contributed by atoms with van der Waals surface area (Å²) in [5, 5.41) is 12.4. The van der Waals surface area contributed by atoms with E-state index < -0.39 is 5.54 Å². The van der Waals surface area contributed by atoms with E-state index in [-0.39, 0.29) is 0 Å². The average Bonchev–Trinajstić information content (AvgIpc) is 2.83. The molecule has 2 aromatic rings. The minimum atomic E-state index is -0.417. The molecule has 3 rings (SSSR count). The van der Waals surface area contributed by atoms with Gasteiger partial charge in [-0.25, -0.2) is 0 Å². The standard InChI is InChI=1S/C11H13N4O/c1-11(2,15-7-3-6-12-15)10-14-13-9(16-10)8-4-5-8/h6-8H,4-5H2,1-2H3. The highest BCUT2D eigenvalue weighted by molar-refractivity contribution is 5.05. The molecule has 0 aromatic carbocycles. The highest BCUT2D eigenvalue weighted by atomic mass is 16.4. The van der Waals surface area contributed by atoms with E-state index in [0.717, 1.165) is 18.7 Å². The van der Waals surface area contributed by atoms with Crippen LogP contribution < -0.4 is 0 Å². The Morgan fingerprint density at radius 1 is 1.44 bits per heavy atom. The van der Waals surface area contributed by atoms with Gasteiger partial charge in [-0.05, 0) is 26.7 Å². The van der Waals surface area contributed by atoms with E-state index >= 15 is 0 Å². The van der Waals surface area contributed by atoms with Gasteiger partial charge in [-0.15, -0.1) is 10.2 Å². The molecule has 0 bridgehead atoms. The molecular formula is C11H13N4O. The van der Waals surface area contributed by atoms with Crippen molar-refractivity contribution in [2.24, 2.45) is 0 Å². The molecule has 2 heterocycles. The van der Waals surface area contributed by atoms with Crippen molar-refractivity contribution in [3.05, 3.63) is 30.2 Å². The van der Waals surface area contributed by atoms with Crippen molar-refractivity contribution < 1.29 is 4.42 Å². The van der Waals surface area contributed by atoms with Crippen molar-refractivity contribution in [2.45, 2.75) is 38.1 Å². The second kappa shape index (κ2) is 3.17. The van der Waals surface area contributed by atoms with E-state index in [1.807, 2.05) is 13.8 Å². The van der Waals surface area contributed by atoms with Crippen LogP contribution in [0.3, 0.4) is 0 Å². The van der Waals surface area contributed by atoms with Gasteiger partial charge in [-0.2, -0.15) is 5.10 Å². The Labute approximate surface area is 93.5 Å². The summed E-state index contributed by atoms with van der Waals surface area (Å²) >= 11 is 0. The van der Waals surface area contributed by atoms with Crippen LogP contribution in [0.25, 0.3) is 0 Å². The third-order valence-electron chi connectivity index (χ3n) is 2.92. The summed E-state index contributed by atoms with van der Waals surface area (Å²) in [7, 11) is 0. The van der Waals surface area contributed by atoms with Crippen molar-refractivity contribution in [2.75, 3.05) is 0 Å². The summed E-state index contributed by atoms with van der Waals surface area (Å²) < 4.78 is 7.47. The molecule has 5 heteroatoms. The number of rotatable bonds is 3. The Morgan fingerprint density at radius 3 is 2.88 bits per heavy atom. The largest absolute Gasteiger partial charge is 0.422 e. The molecule has 1 aliphatic carbocycles. The zero-order chi connectivity index (χ0) is 11.2. The Morgan fingerprint density at radius 2 is 2.25 bits per heavy atom. The molecule has 0 N–H and O–H groups in total. The first-order valence-electron chi connectivity index (χ1n) is 5.43. The maximum absolute atomic E-state index is 5.70. The first-order valence-corrected chi connectivity index (χ1v) is 5.43. The monoisotopic (exact) mass is 217 g/mol. The van der Waals surface area contributed by atoms with E-state index in [2.05, 4.69) is 21.4 Å². The molecule has 2 aromatic heterocycles. The van der Waals surface area contributed by atoms with Crippen LogP contribution in [0.15, 0.2) is 16.8 Å². The second-order valence-electron chi connectivity index (χ2n) is 4.66. The fraction of sp³-hybridized carbons (Fsp3) is 0.545. The highest BCUT2D eigenvalue weighted by Crippen LogP contribution is 2.40. The Balaban J connectivity index is 1.95. The third-order valence-corrected chi connectivity index (χ3v) is 2.92. The zero-order valence-corrected chi connectivity index (χ0v) is 9.34. The van der Waals surface area contributed by atoms with Gasteiger partial charge < -0.3 is 4.42 Å². The first-order chi connectivity index (χ1) is 7.68. The van der Waals surface area contributed by atoms with E-state index in [4.69, 9.17) is 4.42 Å². The maximum atomic E-state index is 5.70. The minimum Gasteiger partial charge on any atom is -0.422 e. The highest BCUT2D eigenvalue weighted by Gasteiger charge is 2.34. The number of hydrogen-bond donors (Lipinski definition) is 0. The van der Waals surface area contributed by atoms with Crippen molar-refractivity contribution in [1.82, 2.24) is 20.0 Å². The lowest BCUT2D eigenvalue weighted by Crippen LogP contribution is -2.28. The van der Waals surface area contributed by atoms with Gasteiger partial charge in [0.2, 0.25) is 11.8 Å². The van der Waals surface area contributed by atoms with Crippen LogP contribution in [-0.2, 0) is 5.54 Å². The molecule has 5 nitrogen and oxygen atoms in total. The predicted molar refractivity (Wildman–Crippen MR) is 55.8 cm³/mol. The summed E-state index contributed by atoms with van der Waals surface area (Å²) in [6.45, 7) is 4.00. The summed E-state index contributed by atoms with van der Waals surface area (Å²) in [5.74, 6) is 1.85. The normalized spacial score (nSPS) is 16.6. The van der Waals surface area contributed by atoms with Gasteiger partial charge in [0.1, 0.15) is 5.54 Å². The maximum Gasteiger partial charge on any atom is 0.243 e. The SMILES string of the molecule is CC(C)(c1nnc(C2CC2)o1)n1c[c]cn1. The van der Waals surface area contributed by atoms with Crippen LogP contribution in [0.1, 0.15) is 44.4 Å². The molecule has 0 spiro atoms. The van der Waals surface area contributed by atoms with Gasteiger partial charge in [0, 0.05) is 18.2 Å². The minimum absolute atomic E-state index is 0.417. The molecule has 1 saturated carbocycles. The Kier molecular flexibility index (Phi) is 1.89. The summed E-state index contributed by atoms with van der Waals surface area (Å²) in [5.41, 5.74) is -0.417. The van der Waals surface area contributed by atoms with Gasteiger partial charge in [-0.3, -0.25) is 4.68 Å². The van der Waals surface area contributed by atoms with Gasteiger partial charge in [0.15, 0.2) is 0 Å². The summed E-state index contributed by atoms with van der Waals surface area (Å²) in [4.78, 5) is 0. The van der Waals surface area contributed by atoms with Crippen molar-refractivity contribution >= 4 is 0 Å². The van der Waals surface area contributed by atoms with Crippen LogP contribution in [0.5, 0.6) is 0 Å². The first kappa shape index (κ1) is 9.57. The zero-order valence-electron chi connectivity index (χ0n) is 9.34. The molecular weight excluding hydrogens is 204 g/mol. The van der Waals surface area contributed by atoms with Crippen LogP contribution in [0, 0.1) is 6.07 Å².